The Hall–Kier alpha value is -1.67. The first-order valence-corrected chi connectivity index (χ1v) is 9.51. The third kappa shape index (κ3) is 3.45. The SMILES string of the molecule is Cn1c(CCN2CCCC2)c2n(c1=S)CC(c1c(F)ccc(F)c1F)C2.F. The second-order valence-corrected chi connectivity index (χ2v) is 7.67. The molecule has 2 aromatic rings. The summed E-state index contributed by atoms with van der Waals surface area (Å²) in [7, 11) is 1.95. The molecule has 1 atom stereocenters. The van der Waals surface area contributed by atoms with Crippen LogP contribution in [-0.2, 0) is 26.4 Å². The van der Waals surface area contributed by atoms with E-state index >= 15 is 0 Å². The van der Waals surface area contributed by atoms with Crippen molar-refractivity contribution in [1.82, 2.24) is 14.0 Å². The topological polar surface area (TPSA) is 13.1 Å². The molecule has 27 heavy (non-hydrogen) atoms. The van der Waals surface area contributed by atoms with Crippen LogP contribution in [0.3, 0.4) is 0 Å². The van der Waals surface area contributed by atoms with Crippen molar-refractivity contribution in [3.8, 4) is 0 Å². The molecule has 4 rings (SSSR count). The Morgan fingerprint density at radius 2 is 1.78 bits per heavy atom. The molecule has 0 radical (unpaired) electrons. The molecule has 2 aliphatic rings. The molecule has 3 heterocycles. The fraction of sp³-hybridized carbons (Fsp3) is 0.526. The third-order valence-electron chi connectivity index (χ3n) is 5.78. The summed E-state index contributed by atoms with van der Waals surface area (Å²) < 4.78 is 46.6. The molecule has 1 fully saturated rings. The molecule has 148 valence electrons. The van der Waals surface area contributed by atoms with Crippen molar-refractivity contribution in [2.45, 2.75) is 38.1 Å². The number of halogens is 4. The minimum Gasteiger partial charge on any atom is -0.324 e. The van der Waals surface area contributed by atoms with E-state index in [1.807, 2.05) is 16.2 Å². The minimum absolute atomic E-state index is 0. The smallest absolute Gasteiger partial charge is 0.179 e. The molecule has 3 nitrogen and oxygen atoms in total. The van der Waals surface area contributed by atoms with Gasteiger partial charge in [0.2, 0.25) is 0 Å². The second kappa shape index (κ2) is 7.75. The van der Waals surface area contributed by atoms with Crippen LogP contribution in [0.15, 0.2) is 12.1 Å². The standard InChI is InChI=1S/C19H22F3N3S.FH/c1-23-15(6-9-24-7-2-3-8-24)16-10-12(11-25(16)19(23)26)17-13(20)4-5-14(21)18(17)22;/h4-5,12H,2-3,6-11H2,1H3;1H. The summed E-state index contributed by atoms with van der Waals surface area (Å²) in [4.78, 5) is 2.44. The molecule has 0 bridgehead atoms. The Balaban J connectivity index is 0.00000210. The lowest BCUT2D eigenvalue weighted by atomic mass is 9.95. The first-order chi connectivity index (χ1) is 12.5. The Labute approximate surface area is 160 Å². The lowest BCUT2D eigenvalue weighted by Crippen LogP contribution is -2.23. The average molecular weight is 401 g/mol. The zero-order chi connectivity index (χ0) is 18.4. The molecule has 2 aliphatic heterocycles. The van der Waals surface area contributed by atoms with Crippen LogP contribution in [0.2, 0.25) is 0 Å². The maximum absolute atomic E-state index is 14.2. The van der Waals surface area contributed by atoms with Gasteiger partial charge in [-0.1, -0.05) is 0 Å². The fourth-order valence-corrected chi connectivity index (χ4v) is 4.68. The van der Waals surface area contributed by atoms with Gasteiger partial charge in [-0.15, -0.1) is 0 Å². The van der Waals surface area contributed by atoms with Crippen LogP contribution in [0.1, 0.15) is 35.7 Å². The van der Waals surface area contributed by atoms with Crippen molar-refractivity contribution in [3.63, 3.8) is 0 Å². The molecule has 1 unspecified atom stereocenters. The highest BCUT2D eigenvalue weighted by Crippen LogP contribution is 2.36. The van der Waals surface area contributed by atoms with Gasteiger partial charge in [-0.3, -0.25) is 4.70 Å². The molecule has 0 amide bonds. The highest BCUT2D eigenvalue weighted by atomic mass is 32.1. The van der Waals surface area contributed by atoms with Gasteiger partial charge in [0.1, 0.15) is 5.82 Å². The largest absolute Gasteiger partial charge is 0.324 e. The Bertz CT molecular complexity index is 899. The summed E-state index contributed by atoms with van der Waals surface area (Å²) in [5.74, 6) is -3.19. The van der Waals surface area contributed by atoms with E-state index in [9.17, 15) is 13.2 Å². The average Bonchev–Trinajstić information content (AvgIpc) is 3.32. The van der Waals surface area contributed by atoms with Gasteiger partial charge < -0.3 is 14.0 Å². The van der Waals surface area contributed by atoms with Gasteiger partial charge in [-0.25, -0.2) is 13.2 Å². The Kier molecular flexibility index (Phi) is 5.76. The van der Waals surface area contributed by atoms with Gasteiger partial charge in [0.05, 0.1) is 0 Å². The van der Waals surface area contributed by atoms with Gasteiger partial charge in [-0.2, -0.15) is 0 Å². The van der Waals surface area contributed by atoms with Gasteiger partial charge in [0.25, 0.3) is 0 Å². The van der Waals surface area contributed by atoms with Crippen molar-refractivity contribution in [1.29, 1.82) is 0 Å². The highest BCUT2D eigenvalue weighted by molar-refractivity contribution is 7.71. The van der Waals surface area contributed by atoms with Crippen LogP contribution in [-0.4, -0.2) is 33.7 Å². The van der Waals surface area contributed by atoms with Gasteiger partial charge in [-0.05, 0) is 56.7 Å². The first-order valence-electron chi connectivity index (χ1n) is 9.10. The summed E-state index contributed by atoms with van der Waals surface area (Å²) >= 11 is 5.53. The Morgan fingerprint density at radius 3 is 2.48 bits per heavy atom. The normalized spacial score (nSPS) is 19.3. The van der Waals surface area contributed by atoms with E-state index in [2.05, 4.69) is 4.90 Å². The molecule has 1 aromatic carbocycles. The molecule has 1 aromatic heterocycles. The van der Waals surface area contributed by atoms with E-state index in [4.69, 9.17) is 12.2 Å². The van der Waals surface area contributed by atoms with Crippen molar-refractivity contribution in [2.75, 3.05) is 19.6 Å². The molecule has 0 spiro atoms. The number of rotatable bonds is 4. The molecule has 0 saturated carbocycles. The number of benzene rings is 1. The van der Waals surface area contributed by atoms with Gasteiger partial charge in [0, 0.05) is 49.4 Å². The molecule has 8 heteroatoms. The second-order valence-electron chi connectivity index (χ2n) is 7.30. The van der Waals surface area contributed by atoms with Crippen LogP contribution in [0.5, 0.6) is 0 Å². The molecule has 0 N–H and O–H groups in total. The lowest BCUT2D eigenvalue weighted by molar-refractivity contribution is 0.340. The zero-order valence-corrected chi connectivity index (χ0v) is 16.0. The van der Waals surface area contributed by atoms with Crippen LogP contribution >= 0.6 is 12.2 Å². The molecular weight excluding hydrogens is 378 g/mol. The van der Waals surface area contributed by atoms with E-state index in [0.29, 0.717) is 17.7 Å². The molecule has 0 aliphatic carbocycles. The van der Waals surface area contributed by atoms with E-state index < -0.39 is 23.4 Å². The number of imidazole rings is 1. The predicted octanol–water partition coefficient (Wildman–Crippen LogP) is 4.10. The number of hydrogen-bond donors (Lipinski definition) is 0. The summed E-state index contributed by atoms with van der Waals surface area (Å²) in [5, 5.41) is 0. The van der Waals surface area contributed by atoms with Crippen molar-refractivity contribution >= 4 is 12.2 Å². The number of fused-ring (bicyclic) bond motifs is 1. The van der Waals surface area contributed by atoms with Crippen molar-refractivity contribution in [3.05, 3.63) is 51.3 Å². The monoisotopic (exact) mass is 401 g/mol. The highest BCUT2D eigenvalue weighted by Gasteiger charge is 2.32. The third-order valence-corrected chi connectivity index (χ3v) is 6.27. The van der Waals surface area contributed by atoms with Gasteiger partial charge >= 0.3 is 0 Å². The summed E-state index contributed by atoms with van der Waals surface area (Å²) in [6.07, 6.45) is 3.83. The van der Waals surface area contributed by atoms with Crippen LogP contribution in [0, 0.1) is 22.2 Å². The Morgan fingerprint density at radius 1 is 1.11 bits per heavy atom. The molecule has 1 saturated heterocycles. The van der Waals surface area contributed by atoms with Crippen LogP contribution in [0.25, 0.3) is 0 Å². The van der Waals surface area contributed by atoms with E-state index in [1.165, 1.54) is 12.8 Å². The maximum Gasteiger partial charge on any atom is 0.179 e. The zero-order valence-electron chi connectivity index (χ0n) is 15.2. The lowest BCUT2D eigenvalue weighted by Gasteiger charge is -2.16. The quantitative estimate of drug-likeness (QED) is 0.435. The molecular formula is C19H23F4N3S. The van der Waals surface area contributed by atoms with Crippen LogP contribution in [0.4, 0.5) is 17.9 Å². The first kappa shape index (κ1) is 20.1. The van der Waals surface area contributed by atoms with Gasteiger partial charge in [0.15, 0.2) is 16.4 Å². The van der Waals surface area contributed by atoms with Crippen molar-refractivity contribution in [2.24, 2.45) is 7.05 Å². The van der Waals surface area contributed by atoms with E-state index in [1.54, 1.807) is 0 Å². The number of likely N-dealkylation sites (tertiary alicyclic amines) is 1. The summed E-state index contributed by atoms with van der Waals surface area (Å²) in [6.45, 7) is 3.61. The van der Waals surface area contributed by atoms with Crippen LogP contribution < -0.4 is 0 Å². The fourth-order valence-electron chi connectivity index (χ4n) is 4.39. The number of nitrogens with zero attached hydrogens (tertiary/aromatic N) is 3. The summed E-state index contributed by atoms with van der Waals surface area (Å²) in [6, 6.07) is 1.84. The summed E-state index contributed by atoms with van der Waals surface area (Å²) in [5.41, 5.74) is 2.00. The predicted molar refractivity (Wildman–Crippen MR) is 98.9 cm³/mol. The van der Waals surface area contributed by atoms with E-state index in [-0.39, 0.29) is 10.3 Å². The minimum atomic E-state index is -1.07. The van der Waals surface area contributed by atoms with Crippen molar-refractivity contribution < 1.29 is 17.9 Å². The maximum atomic E-state index is 14.2. The number of hydrogen-bond acceptors (Lipinski definition) is 2. The number of aromatic nitrogens is 2. The van der Waals surface area contributed by atoms with E-state index in [0.717, 1.165) is 49.6 Å².